The van der Waals surface area contributed by atoms with Crippen LogP contribution in [0.4, 0.5) is 4.79 Å². The summed E-state index contributed by atoms with van der Waals surface area (Å²) in [6, 6.07) is 0. The summed E-state index contributed by atoms with van der Waals surface area (Å²) in [5.74, 6) is -0.569. The molecule has 0 aliphatic heterocycles. The molecule has 0 aliphatic rings. The zero-order valence-corrected chi connectivity index (χ0v) is 11.8. The number of carbonyl (C=O) groups is 2. The Bertz CT molecular complexity index is 638. The molecule has 0 unspecified atom stereocenters. The minimum atomic E-state index is -0.628. The molecule has 0 bridgehead atoms. The third kappa shape index (κ3) is 2.58. The highest BCUT2D eigenvalue weighted by Crippen LogP contribution is 2.24. The Morgan fingerprint density at radius 2 is 2.05 bits per heavy atom. The van der Waals surface area contributed by atoms with E-state index in [1.165, 1.54) is 17.9 Å². The quantitative estimate of drug-likeness (QED) is 0.745. The number of fused-ring (bicyclic) bond motifs is 1. The minimum Gasteiger partial charge on any atom is -0.465 e. The minimum absolute atomic E-state index is 0.192. The summed E-state index contributed by atoms with van der Waals surface area (Å²) in [4.78, 5) is 24.1. The van der Waals surface area contributed by atoms with E-state index in [-0.39, 0.29) is 5.56 Å². The monoisotopic (exact) mass is 283 g/mol. The number of nitrogens with zero attached hydrogens (tertiary/aromatic N) is 3. The Kier molecular flexibility index (Phi) is 3.27. The molecule has 0 saturated carbocycles. The van der Waals surface area contributed by atoms with Gasteiger partial charge in [0.25, 0.3) is 0 Å². The molecule has 0 saturated heterocycles. The Hall–Kier alpha value is -1.96. The molecule has 0 atom stereocenters. The second-order valence-corrected chi connectivity index (χ2v) is 5.54. The number of rotatable bonds is 1. The molecule has 0 spiro atoms. The summed E-state index contributed by atoms with van der Waals surface area (Å²) in [6.07, 6.45) is 0.772. The Balaban J connectivity index is 2.47. The van der Waals surface area contributed by atoms with Crippen LogP contribution in [-0.4, -0.2) is 38.9 Å². The first-order valence-electron chi connectivity index (χ1n) is 5.48. The van der Waals surface area contributed by atoms with E-state index in [1.807, 2.05) is 0 Å². The topological polar surface area (TPSA) is 83.3 Å². The highest BCUT2D eigenvalue weighted by molar-refractivity contribution is 7.12. The largest absolute Gasteiger partial charge is 0.465 e. The first kappa shape index (κ1) is 13.5. The van der Waals surface area contributed by atoms with E-state index in [0.29, 0.717) is 10.3 Å². The number of esters is 1. The van der Waals surface area contributed by atoms with Gasteiger partial charge in [0.15, 0.2) is 4.83 Å². The molecule has 2 aromatic heterocycles. The highest BCUT2D eigenvalue weighted by atomic mass is 32.1. The lowest BCUT2D eigenvalue weighted by molar-refractivity contribution is 0.0545. The normalized spacial score (nSPS) is 11.6. The predicted molar refractivity (Wildman–Crippen MR) is 68.4 cm³/mol. The Labute approximate surface area is 113 Å². The lowest BCUT2D eigenvalue weighted by Crippen LogP contribution is -2.26. The number of hydrogen-bond acceptors (Lipinski definition) is 7. The van der Waals surface area contributed by atoms with Crippen LogP contribution in [-0.2, 0) is 9.47 Å². The van der Waals surface area contributed by atoms with Crippen molar-refractivity contribution in [2.45, 2.75) is 26.4 Å². The molecule has 7 nitrogen and oxygen atoms in total. The van der Waals surface area contributed by atoms with Crippen molar-refractivity contribution in [2.24, 2.45) is 0 Å². The fourth-order valence-corrected chi connectivity index (χ4v) is 2.12. The van der Waals surface area contributed by atoms with Crippen LogP contribution in [0, 0.1) is 0 Å². The van der Waals surface area contributed by atoms with Crippen molar-refractivity contribution in [3.05, 3.63) is 11.8 Å². The Morgan fingerprint density at radius 3 is 2.63 bits per heavy atom. The maximum absolute atomic E-state index is 12.0. The first-order valence-corrected chi connectivity index (χ1v) is 6.26. The van der Waals surface area contributed by atoms with Crippen LogP contribution in [0.1, 0.15) is 31.1 Å². The molecular weight excluding hydrogens is 270 g/mol. The highest BCUT2D eigenvalue weighted by Gasteiger charge is 2.25. The molecule has 19 heavy (non-hydrogen) atoms. The van der Waals surface area contributed by atoms with Gasteiger partial charge in [-0.05, 0) is 20.8 Å². The predicted octanol–water partition coefficient (Wildman–Crippen LogP) is 2.06. The van der Waals surface area contributed by atoms with Crippen LogP contribution in [0.15, 0.2) is 6.20 Å². The zero-order chi connectivity index (χ0) is 14.2. The van der Waals surface area contributed by atoms with Gasteiger partial charge in [-0.1, -0.05) is 4.49 Å². The number of carbonyl (C=O) groups excluding carboxylic acids is 2. The lowest BCUT2D eigenvalue weighted by atomic mass is 10.2. The van der Waals surface area contributed by atoms with Crippen LogP contribution in [0.25, 0.3) is 10.3 Å². The van der Waals surface area contributed by atoms with Gasteiger partial charge in [-0.15, -0.1) is 5.10 Å². The van der Waals surface area contributed by atoms with Crippen molar-refractivity contribution in [2.75, 3.05) is 7.11 Å². The second-order valence-electron chi connectivity index (χ2n) is 4.81. The summed E-state index contributed by atoms with van der Waals surface area (Å²) in [5.41, 5.74) is -0.100. The third-order valence-corrected chi connectivity index (χ3v) is 2.92. The van der Waals surface area contributed by atoms with E-state index in [0.717, 1.165) is 11.5 Å². The summed E-state index contributed by atoms with van der Waals surface area (Å²) in [6.45, 7) is 5.28. The molecule has 0 N–H and O–H groups in total. The average molecular weight is 283 g/mol. The van der Waals surface area contributed by atoms with Gasteiger partial charge in [0.1, 0.15) is 16.7 Å². The van der Waals surface area contributed by atoms with Crippen LogP contribution >= 0.6 is 11.5 Å². The summed E-state index contributed by atoms with van der Waals surface area (Å²) >= 11 is 1.01. The van der Waals surface area contributed by atoms with Crippen molar-refractivity contribution in [3.8, 4) is 0 Å². The lowest BCUT2D eigenvalue weighted by Gasteiger charge is -2.19. The van der Waals surface area contributed by atoms with Crippen LogP contribution in [0.5, 0.6) is 0 Å². The average Bonchev–Trinajstić information content (AvgIpc) is 2.85. The van der Waals surface area contributed by atoms with E-state index in [4.69, 9.17) is 4.74 Å². The molecule has 0 aliphatic carbocycles. The van der Waals surface area contributed by atoms with Gasteiger partial charge >= 0.3 is 12.1 Å². The molecule has 0 aromatic carbocycles. The van der Waals surface area contributed by atoms with Gasteiger partial charge in [0.2, 0.25) is 0 Å². The van der Waals surface area contributed by atoms with Gasteiger partial charge < -0.3 is 9.47 Å². The standard InChI is InChI=1S/C11H13N3O4S/c1-11(2,3)18-10(16)14-5-6(9(15)17-4)7-8(14)19-13-12-7/h5H,1-4H3. The third-order valence-electron chi connectivity index (χ3n) is 2.20. The molecule has 102 valence electrons. The van der Waals surface area contributed by atoms with E-state index < -0.39 is 17.7 Å². The van der Waals surface area contributed by atoms with Gasteiger partial charge in [0, 0.05) is 17.7 Å². The van der Waals surface area contributed by atoms with Crippen LogP contribution in [0.2, 0.25) is 0 Å². The summed E-state index contributed by atoms with van der Waals surface area (Å²) < 4.78 is 14.8. The maximum atomic E-state index is 12.0. The van der Waals surface area contributed by atoms with Crippen molar-refractivity contribution < 1.29 is 19.1 Å². The molecule has 2 aromatic rings. The SMILES string of the molecule is COC(=O)c1cn(C(=O)OC(C)(C)C)c2snnc12. The van der Waals surface area contributed by atoms with E-state index >= 15 is 0 Å². The number of methoxy groups -OCH3 is 1. The zero-order valence-electron chi connectivity index (χ0n) is 11.0. The van der Waals surface area contributed by atoms with Crippen LogP contribution < -0.4 is 0 Å². The molecular formula is C11H13N3O4S. The van der Waals surface area contributed by atoms with Crippen molar-refractivity contribution in [1.82, 2.24) is 14.2 Å². The van der Waals surface area contributed by atoms with Crippen LogP contribution in [0.3, 0.4) is 0 Å². The van der Waals surface area contributed by atoms with E-state index in [2.05, 4.69) is 14.3 Å². The van der Waals surface area contributed by atoms with Crippen molar-refractivity contribution in [3.63, 3.8) is 0 Å². The maximum Gasteiger partial charge on any atom is 0.419 e. The van der Waals surface area contributed by atoms with Gasteiger partial charge in [-0.2, -0.15) is 0 Å². The van der Waals surface area contributed by atoms with Crippen molar-refractivity contribution >= 4 is 33.9 Å². The van der Waals surface area contributed by atoms with Gasteiger partial charge in [-0.3, -0.25) is 0 Å². The molecule has 0 amide bonds. The molecule has 2 heterocycles. The van der Waals surface area contributed by atoms with E-state index in [1.54, 1.807) is 20.8 Å². The van der Waals surface area contributed by atoms with Crippen molar-refractivity contribution in [1.29, 1.82) is 0 Å². The number of hydrogen-bond donors (Lipinski definition) is 0. The summed E-state index contributed by atoms with van der Waals surface area (Å²) in [5, 5.41) is 3.83. The number of aromatic nitrogens is 3. The Morgan fingerprint density at radius 1 is 1.37 bits per heavy atom. The molecule has 0 fully saturated rings. The summed E-state index contributed by atoms with van der Waals surface area (Å²) in [7, 11) is 1.26. The van der Waals surface area contributed by atoms with Gasteiger partial charge in [-0.25, -0.2) is 14.2 Å². The fraction of sp³-hybridized carbons (Fsp3) is 0.455. The second kappa shape index (κ2) is 4.61. The molecule has 8 heteroatoms. The first-order chi connectivity index (χ1) is 8.83. The van der Waals surface area contributed by atoms with Gasteiger partial charge in [0.05, 0.1) is 7.11 Å². The smallest absolute Gasteiger partial charge is 0.419 e. The fourth-order valence-electron chi connectivity index (χ4n) is 1.47. The molecule has 2 rings (SSSR count). The number of ether oxygens (including phenoxy) is 2. The van der Waals surface area contributed by atoms with E-state index in [9.17, 15) is 9.59 Å². The molecule has 0 radical (unpaired) electrons.